The van der Waals surface area contributed by atoms with Gasteiger partial charge in [0.25, 0.3) is 11.3 Å². The maximum absolute atomic E-state index is 12.4. The topological polar surface area (TPSA) is 196 Å². The Balaban J connectivity index is 1.44. The van der Waals surface area contributed by atoms with Crippen LogP contribution in [0.1, 0.15) is 5.56 Å². The molecule has 3 heterocycles. The minimum absolute atomic E-state index is 0.189. The van der Waals surface area contributed by atoms with Gasteiger partial charge in [0.15, 0.2) is 0 Å². The Kier molecular flexibility index (Phi) is 5.88. The van der Waals surface area contributed by atoms with Gasteiger partial charge in [-0.15, -0.1) is 0 Å². The van der Waals surface area contributed by atoms with Crippen molar-refractivity contribution in [2.24, 2.45) is 5.73 Å². The number of rotatable bonds is 6. The number of esters is 1. The second-order valence-electron chi connectivity index (χ2n) is 7.68. The minimum Gasteiger partial charge on any atom is -0.462 e. The number of fused-ring (bicyclic) bond motifs is 1. The first-order valence-corrected chi connectivity index (χ1v) is 10.0. The molecule has 33 heavy (non-hydrogen) atoms. The Morgan fingerprint density at radius 2 is 2.09 bits per heavy atom. The van der Waals surface area contributed by atoms with Crippen molar-refractivity contribution in [1.29, 1.82) is 5.26 Å². The summed E-state index contributed by atoms with van der Waals surface area (Å²) in [4.78, 5) is 40.9. The number of nitriles is 1. The molecule has 1 aliphatic rings. The predicted octanol–water partition coefficient (Wildman–Crippen LogP) is -1.57. The van der Waals surface area contributed by atoms with Crippen LogP contribution in [-0.2, 0) is 26.4 Å². The number of aliphatic hydroxyl groups excluding tert-OH is 2. The first kappa shape index (κ1) is 22.4. The molecule has 6 N–H and O–H groups in total. The average Bonchev–Trinajstić information content (AvgIpc) is 3.32. The molecule has 2 unspecified atom stereocenters. The van der Waals surface area contributed by atoms with Crippen LogP contribution >= 0.6 is 0 Å². The van der Waals surface area contributed by atoms with Gasteiger partial charge in [-0.3, -0.25) is 19.1 Å². The van der Waals surface area contributed by atoms with Crippen LogP contribution in [0.5, 0.6) is 0 Å². The number of aliphatic hydroxyl groups is 2. The van der Waals surface area contributed by atoms with Gasteiger partial charge < -0.3 is 30.4 Å². The number of aromatic amines is 2. The van der Waals surface area contributed by atoms with E-state index in [4.69, 9.17) is 15.2 Å². The van der Waals surface area contributed by atoms with Crippen LogP contribution < -0.4 is 17.0 Å². The Bertz CT molecular complexity index is 1340. The second kappa shape index (κ2) is 8.64. The number of nitrogens with one attached hydrogen (secondary N) is 2. The van der Waals surface area contributed by atoms with Crippen LogP contribution in [0.4, 0.5) is 0 Å². The quantitative estimate of drug-likeness (QED) is 0.273. The molecular formula is C21H21N5O7. The van der Waals surface area contributed by atoms with E-state index in [2.05, 4.69) is 4.98 Å². The highest BCUT2D eigenvalue weighted by molar-refractivity contribution is 5.84. The molecule has 172 valence electrons. The van der Waals surface area contributed by atoms with Crippen LogP contribution in [0.2, 0.25) is 0 Å². The van der Waals surface area contributed by atoms with Crippen molar-refractivity contribution in [3.05, 3.63) is 69.1 Å². The van der Waals surface area contributed by atoms with Gasteiger partial charge in [0.2, 0.25) is 0 Å². The van der Waals surface area contributed by atoms with Crippen LogP contribution in [0.25, 0.3) is 10.9 Å². The van der Waals surface area contributed by atoms with Crippen molar-refractivity contribution in [3.63, 3.8) is 0 Å². The molecule has 0 amide bonds. The van der Waals surface area contributed by atoms with Crippen LogP contribution in [0, 0.1) is 11.3 Å². The largest absolute Gasteiger partial charge is 0.462 e. The molecule has 0 spiro atoms. The monoisotopic (exact) mass is 455 g/mol. The van der Waals surface area contributed by atoms with Gasteiger partial charge in [0.05, 0.1) is 0 Å². The highest BCUT2D eigenvalue weighted by Crippen LogP contribution is 2.34. The molecule has 1 fully saturated rings. The first-order valence-electron chi connectivity index (χ1n) is 10.0. The summed E-state index contributed by atoms with van der Waals surface area (Å²) < 4.78 is 11.3. The lowest BCUT2D eigenvalue weighted by atomic mass is 10.0. The van der Waals surface area contributed by atoms with E-state index in [1.165, 1.54) is 0 Å². The number of nitrogens with two attached hydrogens (primary N) is 1. The van der Waals surface area contributed by atoms with Gasteiger partial charge in [-0.25, -0.2) is 4.79 Å². The average molecular weight is 455 g/mol. The summed E-state index contributed by atoms with van der Waals surface area (Å²) in [5.74, 6) is -0.777. The number of carbonyl (C=O) groups excluding carboxylic acids is 1. The molecule has 0 aliphatic carbocycles. The number of para-hydroxylation sites is 1. The molecule has 1 saturated heterocycles. The SMILES string of the molecule is N#C[C@@]1(n2ccc(=O)[nH]c2=O)O[C@H](COC(=O)[C@H](N)Cc2c[nH]c3ccccc23)C(O)C1O. The molecular weight excluding hydrogens is 434 g/mol. The summed E-state index contributed by atoms with van der Waals surface area (Å²) in [6, 6.07) is 9.12. The molecule has 12 nitrogen and oxygen atoms in total. The van der Waals surface area contributed by atoms with Gasteiger partial charge in [-0.05, 0) is 11.6 Å². The van der Waals surface area contributed by atoms with Crippen molar-refractivity contribution in [3.8, 4) is 6.07 Å². The predicted molar refractivity (Wildman–Crippen MR) is 113 cm³/mol. The highest BCUT2D eigenvalue weighted by Gasteiger charge is 2.57. The second-order valence-corrected chi connectivity index (χ2v) is 7.68. The molecule has 1 aliphatic heterocycles. The molecule has 0 radical (unpaired) electrons. The summed E-state index contributed by atoms with van der Waals surface area (Å²) in [5, 5.41) is 31.4. The van der Waals surface area contributed by atoms with Gasteiger partial charge in [-0.2, -0.15) is 5.26 Å². The Labute approximate surface area is 185 Å². The number of aromatic nitrogens is 3. The van der Waals surface area contributed by atoms with Crippen molar-refractivity contribution in [2.75, 3.05) is 6.61 Å². The van der Waals surface area contributed by atoms with Crippen LogP contribution in [0.3, 0.4) is 0 Å². The minimum atomic E-state index is -2.33. The number of H-pyrrole nitrogens is 2. The molecule has 3 aromatic rings. The van der Waals surface area contributed by atoms with Gasteiger partial charge in [-0.1, -0.05) is 18.2 Å². The molecule has 2 aromatic heterocycles. The van der Waals surface area contributed by atoms with Crippen molar-refractivity contribution < 1.29 is 24.5 Å². The van der Waals surface area contributed by atoms with Crippen molar-refractivity contribution >= 4 is 16.9 Å². The molecule has 0 bridgehead atoms. The van der Waals surface area contributed by atoms with E-state index < -0.39 is 53.9 Å². The van der Waals surface area contributed by atoms with E-state index in [-0.39, 0.29) is 6.42 Å². The lowest BCUT2D eigenvalue weighted by molar-refractivity contribution is -0.155. The highest BCUT2D eigenvalue weighted by atomic mass is 16.6. The van der Waals surface area contributed by atoms with E-state index in [1.54, 1.807) is 12.3 Å². The summed E-state index contributed by atoms with van der Waals surface area (Å²) in [6.45, 7) is -0.528. The van der Waals surface area contributed by atoms with Gasteiger partial charge in [0.1, 0.15) is 37.0 Å². The third-order valence-electron chi connectivity index (χ3n) is 5.59. The van der Waals surface area contributed by atoms with Gasteiger partial charge in [0, 0.05) is 35.8 Å². The van der Waals surface area contributed by atoms with E-state index in [0.29, 0.717) is 4.57 Å². The number of carbonyl (C=O) groups is 1. The van der Waals surface area contributed by atoms with Gasteiger partial charge >= 0.3 is 11.7 Å². The number of hydrogen-bond donors (Lipinski definition) is 5. The lowest BCUT2D eigenvalue weighted by Gasteiger charge is -2.26. The molecule has 5 atom stereocenters. The summed E-state index contributed by atoms with van der Waals surface area (Å²) in [7, 11) is 0. The Morgan fingerprint density at radius 3 is 2.82 bits per heavy atom. The number of benzene rings is 1. The van der Waals surface area contributed by atoms with Crippen LogP contribution in [-0.4, -0.2) is 61.7 Å². The fourth-order valence-corrected chi connectivity index (χ4v) is 3.85. The fourth-order valence-electron chi connectivity index (χ4n) is 3.85. The van der Waals surface area contributed by atoms with Crippen LogP contribution in [0.15, 0.2) is 52.3 Å². The third kappa shape index (κ3) is 3.94. The smallest absolute Gasteiger partial charge is 0.331 e. The standard InChI is InChI=1S/C21H21N5O7/c22-10-21(26-6-5-16(27)25-20(26)31)18(29)17(28)15(33-21)9-32-19(30)13(23)7-11-8-24-14-4-2-1-3-12(11)14/h1-6,8,13,15,17-18,24,28-29H,7,9,23H2,(H,25,27,31)/t13-,15-,17?,18?,21-/m1/s1. The third-order valence-corrected chi connectivity index (χ3v) is 5.59. The van der Waals surface area contributed by atoms with E-state index in [9.17, 15) is 29.9 Å². The molecule has 12 heteroatoms. The maximum atomic E-state index is 12.4. The summed E-state index contributed by atoms with van der Waals surface area (Å²) in [6.07, 6.45) is -1.96. The van der Waals surface area contributed by atoms with Crippen molar-refractivity contribution in [1.82, 2.24) is 14.5 Å². The zero-order chi connectivity index (χ0) is 23.8. The molecule has 4 rings (SSSR count). The zero-order valence-corrected chi connectivity index (χ0v) is 17.2. The van der Waals surface area contributed by atoms with E-state index >= 15 is 0 Å². The number of nitrogens with zero attached hydrogens (tertiary/aromatic N) is 2. The Morgan fingerprint density at radius 1 is 1.33 bits per heavy atom. The fraction of sp³-hybridized carbons (Fsp3) is 0.333. The number of hydrogen-bond acceptors (Lipinski definition) is 9. The Hall–Kier alpha value is -3.76. The van der Waals surface area contributed by atoms with E-state index in [1.807, 2.05) is 29.2 Å². The zero-order valence-electron chi connectivity index (χ0n) is 17.2. The number of ether oxygens (including phenoxy) is 2. The lowest BCUT2D eigenvalue weighted by Crippen LogP contribution is -2.50. The van der Waals surface area contributed by atoms with Crippen molar-refractivity contribution in [2.45, 2.75) is 36.5 Å². The summed E-state index contributed by atoms with van der Waals surface area (Å²) >= 11 is 0. The maximum Gasteiger partial charge on any atom is 0.331 e. The normalized spacial score (nSPS) is 25.6. The molecule has 1 aromatic carbocycles. The first-order chi connectivity index (χ1) is 15.8. The molecule has 0 saturated carbocycles. The summed E-state index contributed by atoms with van der Waals surface area (Å²) in [5.41, 5.74) is 3.63. The van der Waals surface area contributed by atoms with E-state index in [0.717, 1.165) is 28.7 Å².